The van der Waals surface area contributed by atoms with Gasteiger partial charge in [0.15, 0.2) is 6.17 Å². The van der Waals surface area contributed by atoms with Gasteiger partial charge in [-0.3, -0.25) is 4.79 Å². The molecule has 0 spiro atoms. The maximum absolute atomic E-state index is 12.8. The Labute approximate surface area is 176 Å². The molecule has 0 bridgehead atoms. The van der Waals surface area contributed by atoms with Gasteiger partial charge in [-0.05, 0) is 36.4 Å². The van der Waals surface area contributed by atoms with Gasteiger partial charge in [-0.2, -0.15) is 0 Å². The summed E-state index contributed by atoms with van der Waals surface area (Å²) in [5.74, 6) is 1.37. The van der Waals surface area contributed by atoms with Crippen molar-refractivity contribution in [2.24, 2.45) is 0 Å². The number of nitrogens with one attached hydrogen (secondary N) is 2. The van der Waals surface area contributed by atoms with Crippen molar-refractivity contribution < 1.29 is 9.53 Å². The monoisotopic (exact) mass is 400 g/mol. The van der Waals surface area contributed by atoms with E-state index in [1.165, 1.54) is 0 Å². The van der Waals surface area contributed by atoms with Gasteiger partial charge >= 0.3 is 0 Å². The van der Waals surface area contributed by atoms with Gasteiger partial charge in [0, 0.05) is 37.8 Å². The molecule has 0 saturated carbocycles. The SMILES string of the molecule is C=C1C=CC(NC(=O)C2NC=C(c3cccc(Oc4ccccc4)c3)N2C)=CN1C. The highest BCUT2D eigenvalue weighted by molar-refractivity contribution is 5.87. The van der Waals surface area contributed by atoms with E-state index in [9.17, 15) is 4.79 Å². The zero-order chi connectivity index (χ0) is 21.1. The van der Waals surface area contributed by atoms with Crippen LogP contribution < -0.4 is 15.4 Å². The first-order chi connectivity index (χ1) is 14.5. The highest BCUT2D eigenvalue weighted by Gasteiger charge is 2.30. The molecule has 0 fully saturated rings. The summed E-state index contributed by atoms with van der Waals surface area (Å²) in [5, 5.41) is 6.11. The Morgan fingerprint density at radius 2 is 1.83 bits per heavy atom. The van der Waals surface area contributed by atoms with E-state index in [0.29, 0.717) is 0 Å². The normalized spacial score (nSPS) is 17.9. The minimum absolute atomic E-state index is 0.141. The third-order valence-corrected chi connectivity index (χ3v) is 5.01. The molecule has 2 aliphatic rings. The molecule has 2 heterocycles. The smallest absolute Gasteiger partial charge is 0.267 e. The van der Waals surface area contributed by atoms with Crippen LogP contribution in [0.2, 0.25) is 0 Å². The average Bonchev–Trinajstić information content (AvgIpc) is 3.13. The molecule has 2 aromatic rings. The first kappa shape index (κ1) is 19.4. The molecule has 0 radical (unpaired) electrons. The molecule has 6 heteroatoms. The van der Waals surface area contributed by atoms with Crippen LogP contribution in [0.1, 0.15) is 5.56 Å². The van der Waals surface area contributed by atoms with Crippen molar-refractivity contribution in [3.05, 3.63) is 103 Å². The predicted octanol–water partition coefficient (Wildman–Crippen LogP) is 3.61. The third kappa shape index (κ3) is 4.07. The van der Waals surface area contributed by atoms with Crippen LogP contribution in [0.15, 0.2) is 97.1 Å². The van der Waals surface area contributed by atoms with Gasteiger partial charge in [-0.15, -0.1) is 0 Å². The molecule has 152 valence electrons. The molecule has 1 amide bonds. The van der Waals surface area contributed by atoms with Crippen molar-refractivity contribution in [2.45, 2.75) is 6.17 Å². The minimum Gasteiger partial charge on any atom is -0.457 e. The van der Waals surface area contributed by atoms with E-state index in [1.54, 1.807) is 0 Å². The number of benzene rings is 2. The standard InChI is InChI=1S/C24H24N4O2/c1-17-12-13-19(16-27(17)2)26-24(29)23-25-15-22(28(23)3)18-8-7-11-21(14-18)30-20-9-5-4-6-10-20/h4-16,23,25H,1H2,2-3H3,(H,26,29). The molecule has 6 nitrogen and oxygen atoms in total. The van der Waals surface area contributed by atoms with E-state index in [2.05, 4.69) is 17.2 Å². The first-order valence-electron chi connectivity index (χ1n) is 9.66. The van der Waals surface area contributed by atoms with Crippen LogP contribution >= 0.6 is 0 Å². The summed E-state index contributed by atoms with van der Waals surface area (Å²) < 4.78 is 5.94. The second-order valence-electron chi connectivity index (χ2n) is 7.16. The van der Waals surface area contributed by atoms with Crippen LogP contribution in [-0.4, -0.2) is 36.0 Å². The topological polar surface area (TPSA) is 56.8 Å². The van der Waals surface area contributed by atoms with Crippen molar-refractivity contribution >= 4 is 11.6 Å². The molecular formula is C24H24N4O2. The molecule has 2 N–H and O–H groups in total. The van der Waals surface area contributed by atoms with Gasteiger partial charge in [0.05, 0.1) is 11.4 Å². The van der Waals surface area contributed by atoms with Crippen molar-refractivity contribution in [3.8, 4) is 11.5 Å². The fourth-order valence-electron chi connectivity index (χ4n) is 3.32. The third-order valence-electron chi connectivity index (χ3n) is 5.01. The van der Waals surface area contributed by atoms with Crippen LogP contribution in [0.25, 0.3) is 5.70 Å². The summed E-state index contributed by atoms with van der Waals surface area (Å²) in [5.41, 5.74) is 3.45. The molecule has 2 aliphatic heterocycles. The maximum atomic E-state index is 12.8. The number of nitrogens with zero attached hydrogens (tertiary/aromatic N) is 2. The number of carbonyl (C=O) groups excluding carboxylic acids is 1. The number of likely N-dealkylation sites (N-methyl/N-ethyl adjacent to an activating group) is 2. The number of allylic oxidation sites excluding steroid dienone is 2. The van der Waals surface area contributed by atoms with Gasteiger partial charge in [0.2, 0.25) is 0 Å². The van der Waals surface area contributed by atoms with Crippen LogP contribution in [0.5, 0.6) is 11.5 Å². The van der Waals surface area contributed by atoms with Crippen LogP contribution in [-0.2, 0) is 4.79 Å². The van der Waals surface area contributed by atoms with Crippen molar-refractivity contribution in [1.29, 1.82) is 0 Å². The lowest BCUT2D eigenvalue weighted by molar-refractivity contribution is -0.124. The molecule has 1 atom stereocenters. The highest BCUT2D eigenvalue weighted by atomic mass is 16.5. The molecule has 0 saturated heterocycles. The van der Waals surface area contributed by atoms with Crippen LogP contribution in [0.4, 0.5) is 0 Å². The Kier molecular flexibility index (Phi) is 5.30. The Bertz CT molecular complexity index is 1060. The fourth-order valence-corrected chi connectivity index (χ4v) is 3.32. The molecule has 0 aromatic heterocycles. The average molecular weight is 400 g/mol. The number of rotatable bonds is 5. The Hall–Kier alpha value is -3.93. The van der Waals surface area contributed by atoms with Gasteiger partial charge in [-0.25, -0.2) is 0 Å². The van der Waals surface area contributed by atoms with Crippen LogP contribution in [0, 0.1) is 0 Å². The number of hydrogen-bond donors (Lipinski definition) is 2. The molecule has 4 rings (SSSR count). The number of ether oxygens (including phenoxy) is 1. The quantitative estimate of drug-likeness (QED) is 0.803. The summed E-state index contributed by atoms with van der Waals surface area (Å²) in [6.45, 7) is 3.92. The number of carbonyl (C=O) groups is 1. The Morgan fingerprint density at radius 1 is 1.07 bits per heavy atom. The second-order valence-corrected chi connectivity index (χ2v) is 7.16. The fraction of sp³-hybridized carbons (Fsp3) is 0.125. The Morgan fingerprint density at radius 3 is 2.60 bits per heavy atom. The summed E-state index contributed by atoms with van der Waals surface area (Å²) in [6.07, 6.45) is 6.89. The van der Waals surface area contributed by atoms with E-state index in [0.717, 1.165) is 34.2 Å². The van der Waals surface area contributed by atoms with Gasteiger partial charge < -0.3 is 25.2 Å². The van der Waals surface area contributed by atoms with Gasteiger partial charge in [-0.1, -0.05) is 36.9 Å². The number of amides is 1. The van der Waals surface area contributed by atoms with Gasteiger partial charge in [0.25, 0.3) is 5.91 Å². The lowest BCUT2D eigenvalue weighted by atomic mass is 10.1. The zero-order valence-corrected chi connectivity index (χ0v) is 17.0. The lowest BCUT2D eigenvalue weighted by Crippen LogP contribution is -2.47. The highest BCUT2D eigenvalue weighted by Crippen LogP contribution is 2.28. The first-order valence-corrected chi connectivity index (χ1v) is 9.66. The molecule has 1 unspecified atom stereocenters. The van der Waals surface area contributed by atoms with Crippen LogP contribution in [0.3, 0.4) is 0 Å². The Balaban J connectivity index is 1.44. The summed E-state index contributed by atoms with van der Waals surface area (Å²) in [6, 6.07) is 17.5. The van der Waals surface area contributed by atoms with Gasteiger partial charge in [0.1, 0.15) is 11.5 Å². The molecule has 2 aromatic carbocycles. The molecular weight excluding hydrogens is 376 g/mol. The largest absolute Gasteiger partial charge is 0.457 e. The predicted molar refractivity (Wildman–Crippen MR) is 118 cm³/mol. The van der Waals surface area contributed by atoms with Crippen molar-refractivity contribution in [1.82, 2.24) is 20.4 Å². The second kappa shape index (κ2) is 8.21. The molecule has 30 heavy (non-hydrogen) atoms. The van der Waals surface area contributed by atoms with E-state index >= 15 is 0 Å². The van der Waals surface area contributed by atoms with Crippen molar-refractivity contribution in [2.75, 3.05) is 14.1 Å². The van der Waals surface area contributed by atoms with E-state index in [1.807, 2.05) is 103 Å². The maximum Gasteiger partial charge on any atom is 0.267 e. The summed E-state index contributed by atoms with van der Waals surface area (Å²) in [4.78, 5) is 16.6. The van der Waals surface area contributed by atoms with E-state index in [-0.39, 0.29) is 5.91 Å². The van der Waals surface area contributed by atoms with E-state index in [4.69, 9.17) is 4.74 Å². The summed E-state index contributed by atoms with van der Waals surface area (Å²) in [7, 11) is 3.78. The number of para-hydroxylation sites is 1. The van der Waals surface area contributed by atoms with E-state index < -0.39 is 6.17 Å². The van der Waals surface area contributed by atoms with Crippen molar-refractivity contribution in [3.63, 3.8) is 0 Å². The lowest BCUT2D eigenvalue weighted by Gasteiger charge is -2.26. The zero-order valence-electron chi connectivity index (χ0n) is 17.0. The molecule has 0 aliphatic carbocycles. The minimum atomic E-state index is -0.511. The number of hydrogen-bond acceptors (Lipinski definition) is 5. The summed E-state index contributed by atoms with van der Waals surface area (Å²) >= 11 is 0.